The lowest BCUT2D eigenvalue weighted by Crippen LogP contribution is -2.41. The van der Waals surface area contributed by atoms with Crippen LogP contribution >= 0.6 is 0 Å². The topological polar surface area (TPSA) is 93.7 Å². The second-order valence-electron chi connectivity index (χ2n) is 5.70. The zero-order chi connectivity index (χ0) is 19.6. The summed E-state index contributed by atoms with van der Waals surface area (Å²) in [7, 11) is 2.97. The van der Waals surface area contributed by atoms with Crippen molar-refractivity contribution in [3.63, 3.8) is 0 Å². The van der Waals surface area contributed by atoms with Gasteiger partial charge >= 0.3 is 12.0 Å². The molecule has 1 atom stereocenters. The molecule has 0 bridgehead atoms. The average Bonchev–Trinajstić information content (AvgIpc) is 2.71. The molecule has 0 saturated heterocycles. The number of methoxy groups -OCH3 is 1. The highest BCUT2D eigenvalue weighted by Gasteiger charge is 2.26. The Labute approximate surface area is 157 Å². The molecule has 2 aromatic carbocycles. The van der Waals surface area contributed by atoms with Crippen LogP contribution in [0.25, 0.3) is 0 Å². The molecular weight excluding hydrogens is 348 g/mol. The standard InChI is InChI=1S/C20H22N2O5/c1-21-20(25)22-19(24)18(15-6-4-3-5-7-15)27-17(23)13-10-14-8-11-16(26-2)12-9-14/h3-9,11-12,18H,10,13H2,1-2H3,(H2,21,22,24,25). The first-order valence-electron chi connectivity index (χ1n) is 8.43. The van der Waals surface area contributed by atoms with Gasteiger partial charge in [-0.2, -0.15) is 0 Å². The van der Waals surface area contributed by atoms with Crippen LogP contribution in [-0.2, 0) is 20.7 Å². The van der Waals surface area contributed by atoms with Crippen LogP contribution in [0.2, 0.25) is 0 Å². The van der Waals surface area contributed by atoms with Crippen molar-refractivity contribution in [2.24, 2.45) is 0 Å². The first-order valence-corrected chi connectivity index (χ1v) is 8.43. The minimum absolute atomic E-state index is 0.100. The Kier molecular flexibility index (Phi) is 7.37. The number of hydrogen-bond acceptors (Lipinski definition) is 5. The summed E-state index contributed by atoms with van der Waals surface area (Å²) in [5, 5.41) is 4.43. The zero-order valence-electron chi connectivity index (χ0n) is 15.2. The van der Waals surface area contributed by atoms with Crippen molar-refractivity contribution < 1.29 is 23.9 Å². The molecule has 0 aliphatic rings. The fourth-order valence-corrected chi connectivity index (χ4v) is 2.37. The van der Waals surface area contributed by atoms with Gasteiger partial charge in [-0.3, -0.25) is 14.9 Å². The quantitative estimate of drug-likeness (QED) is 0.730. The Hall–Kier alpha value is -3.35. The number of hydrogen-bond donors (Lipinski definition) is 2. The molecule has 0 fully saturated rings. The van der Waals surface area contributed by atoms with E-state index in [2.05, 4.69) is 10.6 Å². The van der Waals surface area contributed by atoms with Gasteiger partial charge in [-0.15, -0.1) is 0 Å². The van der Waals surface area contributed by atoms with E-state index in [1.807, 2.05) is 24.3 Å². The van der Waals surface area contributed by atoms with E-state index >= 15 is 0 Å². The highest BCUT2D eigenvalue weighted by Crippen LogP contribution is 2.19. The summed E-state index contributed by atoms with van der Waals surface area (Å²) >= 11 is 0. The van der Waals surface area contributed by atoms with Crippen LogP contribution in [0.3, 0.4) is 0 Å². The van der Waals surface area contributed by atoms with Crippen molar-refractivity contribution in [3.05, 3.63) is 65.7 Å². The van der Waals surface area contributed by atoms with Gasteiger partial charge in [0.2, 0.25) is 6.10 Å². The molecule has 0 saturated carbocycles. The number of urea groups is 1. The van der Waals surface area contributed by atoms with E-state index in [-0.39, 0.29) is 6.42 Å². The van der Waals surface area contributed by atoms with E-state index in [0.717, 1.165) is 11.3 Å². The Morgan fingerprint density at radius 1 is 1.00 bits per heavy atom. The molecule has 7 heteroatoms. The molecule has 0 aliphatic carbocycles. The number of ether oxygens (including phenoxy) is 2. The maximum atomic E-state index is 12.3. The number of carbonyl (C=O) groups excluding carboxylic acids is 3. The SMILES string of the molecule is CNC(=O)NC(=O)C(OC(=O)CCc1ccc(OC)cc1)c1ccccc1. The summed E-state index contributed by atoms with van der Waals surface area (Å²) in [4.78, 5) is 36.0. The molecule has 0 spiro atoms. The second-order valence-corrected chi connectivity index (χ2v) is 5.70. The van der Waals surface area contributed by atoms with Crippen LogP contribution in [0, 0.1) is 0 Å². The third kappa shape index (κ3) is 6.14. The van der Waals surface area contributed by atoms with Gasteiger partial charge in [0.05, 0.1) is 7.11 Å². The molecule has 0 aromatic heterocycles. The number of aryl methyl sites for hydroxylation is 1. The largest absolute Gasteiger partial charge is 0.497 e. The predicted molar refractivity (Wildman–Crippen MR) is 99.2 cm³/mol. The number of nitrogens with one attached hydrogen (secondary N) is 2. The molecule has 0 radical (unpaired) electrons. The number of benzene rings is 2. The van der Waals surface area contributed by atoms with Crippen LogP contribution in [0.1, 0.15) is 23.7 Å². The Morgan fingerprint density at radius 2 is 1.67 bits per heavy atom. The summed E-state index contributed by atoms with van der Waals surface area (Å²) < 4.78 is 10.4. The first kappa shape index (κ1) is 20.0. The molecule has 2 rings (SSSR count). The van der Waals surface area contributed by atoms with Crippen molar-refractivity contribution in [2.45, 2.75) is 18.9 Å². The minimum atomic E-state index is -1.20. The van der Waals surface area contributed by atoms with Gasteiger partial charge in [0.25, 0.3) is 5.91 Å². The fraction of sp³-hybridized carbons (Fsp3) is 0.250. The normalized spacial score (nSPS) is 11.2. The Bertz CT molecular complexity index is 775. The van der Waals surface area contributed by atoms with Gasteiger partial charge in [0.1, 0.15) is 5.75 Å². The molecular formula is C20H22N2O5. The molecule has 1 unspecified atom stereocenters. The second kappa shape index (κ2) is 9.96. The van der Waals surface area contributed by atoms with Gasteiger partial charge in [-0.25, -0.2) is 4.79 Å². The van der Waals surface area contributed by atoms with E-state index in [9.17, 15) is 14.4 Å². The van der Waals surface area contributed by atoms with Crippen molar-refractivity contribution in [1.29, 1.82) is 0 Å². The van der Waals surface area contributed by atoms with E-state index in [4.69, 9.17) is 9.47 Å². The molecule has 142 valence electrons. The lowest BCUT2D eigenvalue weighted by atomic mass is 10.1. The maximum Gasteiger partial charge on any atom is 0.321 e. The first-order chi connectivity index (χ1) is 13.0. The highest BCUT2D eigenvalue weighted by atomic mass is 16.5. The number of amides is 3. The van der Waals surface area contributed by atoms with E-state index < -0.39 is 24.0 Å². The van der Waals surface area contributed by atoms with Crippen molar-refractivity contribution in [1.82, 2.24) is 10.6 Å². The monoisotopic (exact) mass is 370 g/mol. The van der Waals surface area contributed by atoms with Crippen molar-refractivity contribution in [3.8, 4) is 5.75 Å². The van der Waals surface area contributed by atoms with Gasteiger partial charge in [0.15, 0.2) is 0 Å². The number of esters is 1. The average molecular weight is 370 g/mol. The summed E-state index contributed by atoms with van der Waals surface area (Å²) in [6.45, 7) is 0. The fourth-order valence-electron chi connectivity index (χ4n) is 2.37. The summed E-state index contributed by atoms with van der Waals surface area (Å²) in [6.07, 6.45) is -0.642. The van der Waals surface area contributed by atoms with Gasteiger partial charge in [-0.05, 0) is 24.1 Å². The lowest BCUT2D eigenvalue weighted by molar-refractivity contribution is -0.156. The number of rotatable bonds is 7. The number of imide groups is 1. The van der Waals surface area contributed by atoms with E-state index in [0.29, 0.717) is 12.0 Å². The minimum Gasteiger partial charge on any atom is -0.497 e. The van der Waals surface area contributed by atoms with Crippen LogP contribution in [0.15, 0.2) is 54.6 Å². The summed E-state index contributed by atoms with van der Waals surface area (Å²) in [6, 6.07) is 15.2. The summed E-state index contributed by atoms with van der Waals surface area (Å²) in [5.74, 6) is -0.513. The van der Waals surface area contributed by atoms with Crippen LogP contribution in [0.4, 0.5) is 4.79 Å². The molecule has 3 amide bonds. The number of carbonyl (C=O) groups is 3. The van der Waals surface area contributed by atoms with Crippen LogP contribution in [0.5, 0.6) is 5.75 Å². The molecule has 27 heavy (non-hydrogen) atoms. The maximum absolute atomic E-state index is 12.3. The smallest absolute Gasteiger partial charge is 0.321 e. The Balaban J connectivity index is 2.01. The summed E-state index contributed by atoms with van der Waals surface area (Å²) in [5.41, 5.74) is 1.43. The third-order valence-corrected chi connectivity index (χ3v) is 3.83. The van der Waals surface area contributed by atoms with Crippen LogP contribution < -0.4 is 15.4 Å². The van der Waals surface area contributed by atoms with Crippen molar-refractivity contribution in [2.75, 3.05) is 14.2 Å². The molecule has 2 N–H and O–H groups in total. The van der Waals surface area contributed by atoms with Gasteiger partial charge < -0.3 is 14.8 Å². The molecule has 0 heterocycles. The van der Waals surface area contributed by atoms with Crippen molar-refractivity contribution >= 4 is 17.9 Å². The highest BCUT2D eigenvalue weighted by molar-refractivity contribution is 5.97. The van der Waals surface area contributed by atoms with Gasteiger partial charge in [-0.1, -0.05) is 42.5 Å². The third-order valence-electron chi connectivity index (χ3n) is 3.83. The van der Waals surface area contributed by atoms with E-state index in [1.54, 1.807) is 37.4 Å². The Morgan fingerprint density at radius 3 is 2.26 bits per heavy atom. The van der Waals surface area contributed by atoms with Crippen LogP contribution in [-0.4, -0.2) is 32.1 Å². The zero-order valence-corrected chi connectivity index (χ0v) is 15.2. The predicted octanol–water partition coefficient (Wildman–Crippen LogP) is 2.37. The van der Waals surface area contributed by atoms with E-state index in [1.165, 1.54) is 7.05 Å². The molecule has 0 aliphatic heterocycles. The molecule has 7 nitrogen and oxygen atoms in total. The van der Waals surface area contributed by atoms with Gasteiger partial charge in [0, 0.05) is 19.0 Å². The molecule has 2 aromatic rings. The lowest BCUT2D eigenvalue weighted by Gasteiger charge is -2.17.